The van der Waals surface area contributed by atoms with Crippen molar-refractivity contribution in [1.29, 1.82) is 0 Å². The molecule has 0 aromatic carbocycles. The SMILES string of the molecule is Cc1noc(C)c1NC(=O)[C@@H]1CC(=O)N(C2CCC(C)CC2)C1. The number of hydrogen-bond donors (Lipinski definition) is 1. The van der Waals surface area contributed by atoms with Gasteiger partial charge in [0.2, 0.25) is 11.8 Å². The molecular formula is C17H25N3O3. The van der Waals surface area contributed by atoms with Gasteiger partial charge in [0.15, 0.2) is 5.76 Å². The minimum Gasteiger partial charge on any atom is -0.359 e. The fraction of sp³-hybridized carbons (Fsp3) is 0.706. The molecule has 1 aromatic heterocycles. The standard InChI is InChI=1S/C17H25N3O3/c1-10-4-6-14(7-5-10)20-9-13(8-15(20)21)17(22)18-16-11(2)19-23-12(16)3/h10,13-14H,4-9H2,1-3H3,(H,18,22)/t10?,13-,14?/m1/s1. The molecule has 0 bridgehead atoms. The van der Waals surface area contributed by atoms with Crippen LogP contribution >= 0.6 is 0 Å². The third-order valence-electron chi connectivity index (χ3n) is 5.24. The molecule has 1 saturated heterocycles. The second-order valence-electron chi connectivity index (χ2n) is 7.05. The summed E-state index contributed by atoms with van der Waals surface area (Å²) in [5, 5.41) is 6.72. The van der Waals surface area contributed by atoms with Gasteiger partial charge in [-0.05, 0) is 45.4 Å². The van der Waals surface area contributed by atoms with Gasteiger partial charge in [-0.1, -0.05) is 12.1 Å². The number of aromatic nitrogens is 1. The normalized spacial score (nSPS) is 28.2. The first kappa shape index (κ1) is 16.0. The Morgan fingerprint density at radius 2 is 1.96 bits per heavy atom. The number of hydrogen-bond acceptors (Lipinski definition) is 4. The second-order valence-corrected chi connectivity index (χ2v) is 7.05. The lowest BCUT2D eigenvalue weighted by Crippen LogP contribution is -2.39. The molecule has 0 unspecified atom stereocenters. The average Bonchev–Trinajstić information content (AvgIpc) is 3.05. The lowest BCUT2D eigenvalue weighted by Gasteiger charge is -2.33. The molecular weight excluding hydrogens is 294 g/mol. The van der Waals surface area contributed by atoms with E-state index in [1.807, 2.05) is 4.90 Å². The van der Waals surface area contributed by atoms with E-state index in [0.29, 0.717) is 36.1 Å². The molecule has 2 fully saturated rings. The first-order valence-electron chi connectivity index (χ1n) is 8.49. The summed E-state index contributed by atoms with van der Waals surface area (Å²) in [6.45, 7) is 6.36. The molecule has 2 aliphatic rings. The molecule has 3 rings (SSSR count). The number of aryl methyl sites for hydroxylation is 2. The number of nitrogens with zero attached hydrogens (tertiary/aromatic N) is 2. The molecule has 6 heteroatoms. The number of carbonyl (C=O) groups is 2. The quantitative estimate of drug-likeness (QED) is 0.929. The van der Waals surface area contributed by atoms with Crippen LogP contribution in [0.1, 0.15) is 50.5 Å². The lowest BCUT2D eigenvalue weighted by molar-refractivity contribution is -0.130. The van der Waals surface area contributed by atoms with Gasteiger partial charge in [0.05, 0.1) is 5.92 Å². The zero-order valence-electron chi connectivity index (χ0n) is 14.1. The van der Waals surface area contributed by atoms with Gasteiger partial charge in [0.1, 0.15) is 11.4 Å². The molecule has 6 nitrogen and oxygen atoms in total. The topological polar surface area (TPSA) is 75.4 Å². The minimum atomic E-state index is -0.282. The Balaban J connectivity index is 1.62. The average molecular weight is 319 g/mol. The highest BCUT2D eigenvalue weighted by atomic mass is 16.5. The van der Waals surface area contributed by atoms with Crippen molar-refractivity contribution >= 4 is 17.5 Å². The molecule has 1 atom stereocenters. The number of nitrogens with one attached hydrogen (secondary N) is 1. The molecule has 1 N–H and O–H groups in total. The Hall–Kier alpha value is -1.85. The van der Waals surface area contributed by atoms with Crippen molar-refractivity contribution in [2.45, 2.75) is 58.9 Å². The Labute approximate surface area is 136 Å². The van der Waals surface area contributed by atoms with E-state index >= 15 is 0 Å². The molecule has 0 radical (unpaired) electrons. The predicted molar refractivity (Wildman–Crippen MR) is 85.8 cm³/mol. The van der Waals surface area contributed by atoms with Crippen LogP contribution in [0.3, 0.4) is 0 Å². The summed E-state index contributed by atoms with van der Waals surface area (Å²) in [4.78, 5) is 26.7. The smallest absolute Gasteiger partial charge is 0.229 e. The number of rotatable bonds is 3. The Bertz CT molecular complexity index is 583. The van der Waals surface area contributed by atoms with Crippen molar-refractivity contribution in [2.24, 2.45) is 11.8 Å². The maximum atomic E-state index is 12.5. The molecule has 1 aliphatic heterocycles. The highest BCUT2D eigenvalue weighted by Crippen LogP contribution is 2.32. The van der Waals surface area contributed by atoms with E-state index in [9.17, 15) is 9.59 Å². The summed E-state index contributed by atoms with van der Waals surface area (Å²) in [6.07, 6.45) is 4.77. The van der Waals surface area contributed by atoms with E-state index in [4.69, 9.17) is 4.52 Å². The maximum Gasteiger partial charge on any atom is 0.229 e. The third kappa shape index (κ3) is 3.26. The Kier molecular flexibility index (Phi) is 4.41. The van der Waals surface area contributed by atoms with Gasteiger partial charge in [-0.3, -0.25) is 9.59 Å². The van der Waals surface area contributed by atoms with Crippen LogP contribution in [-0.4, -0.2) is 34.5 Å². The fourth-order valence-corrected chi connectivity index (χ4v) is 3.70. The van der Waals surface area contributed by atoms with Crippen LogP contribution in [0.15, 0.2) is 4.52 Å². The Morgan fingerprint density at radius 3 is 2.57 bits per heavy atom. The number of amides is 2. The predicted octanol–water partition coefficient (Wildman–Crippen LogP) is 2.66. The Morgan fingerprint density at radius 1 is 1.26 bits per heavy atom. The fourth-order valence-electron chi connectivity index (χ4n) is 3.70. The van der Waals surface area contributed by atoms with E-state index < -0.39 is 0 Å². The van der Waals surface area contributed by atoms with E-state index in [2.05, 4.69) is 17.4 Å². The van der Waals surface area contributed by atoms with Gasteiger partial charge in [-0.2, -0.15) is 0 Å². The highest BCUT2D eigenvalue weighted by molar-refractivity contribution is 5.97. The van der Waals surface area contributed by atoms with Crippen LogP contribution in [0, 0.1) is 25.7 Å². The molecule has 0 spiro atoms. The van der Waals surface area contributed by atoms with Gasteiger partial charge < -0.3 is 14.7 Å². The largest absolute Gasteiger partial charge is 0.359 e. The van der Waals surface area contributed by atoms with E-state index in [-0.39, 0.29) is 17.7 Å². The molecule has 1 saturated carbocycles. The van der Waals surface area contributed by atoms with Gasteiger partial charge in [-0.25, -0.2) is 0 Å². The van der Waals surface area contributed by atoms with Gasteiger partial charge in [0, 0.05) is 19.0 Å². The summed E-state index contributed by atoms with van der Waals surface area (Å²) in [7, 11) is 0. The zero-order valence-corrected chi connectivity index (χ0v) is 14.1. The van der Waals surface area contributed by atoms with Crippen LogP contribution in [0.2, 0.25) is 0 Å². The summed E-state index contributed by atoms with van der Waals surface area (Å²) in [5.41, 5.74) is 1.30. The highest BCUT2D eigenvalue weighted by Gasteiger charge is 2.39. The van der Waals surface area contributed by atoms with Crippen LogP contribution in [-0.2, 0) is 9.59 Å². The number of likely N-dealkylation sites (tertiary alicyclic amines) is 1. The van der Waals surface area contributed by atoms with Crippen molar-refractivity contribution in [2.75, 3.05) is 11.9 Å². The van der Waals surface area contributed by atoms with E-state index in [1.165, 1.54) is 12.8 Å². The van der Waals surface area contributed by atoms with Gasteiger partial charge >= 0.3 is 0 Å². The van der Waals surface area contributed by atoms with Crippen molar-refractivity contribution in [3.63, 3.8) is 0 Å². The summed E-state index contributed by atoms with van der Waals surface area (Å²) < 4.78 is 5.06. The third-order valence-corrected chi connectivity index (χ3v) is 5.24. The first-order chi connectivity index (χ1) is 11.0. The second kappa shape index (κ2) is 6.34. The number of carbonyl (C=O) groups excluding carboxylic acids is 2. The summed E-state index contributed by atoms with van der Waals surface area (Å²) >= 11 is 0. The summed E-state index contributed by atoms with van der Waals surface area (Å²) in [6, 6.07) is 0.315. The van der Waals surface area contributed by atoms with E-state index in [0.717, 1.165) is 18.8 Å². The van der Waals surface area contributed by atoms with E-state index in [1.54, 1.807) is 13.8 Å². The van der Waals surface area contributed by atoms with Crippen LogP contribution < -0.4 is 5.32 Å². The van der Waals surface area contributed by atoms with Crippen molar-refractivity contribution in [3.8, 4) is 0 Å². The summed E-state index contributed by atoms with van der Waals surface area (Å²) in [5.74, 6) is 1.07. The monoisotopic (exact) mass is 319 g/mol. The molecule has 1 aromatic rings. The molecule has 2 amide bonds. The lowest BCUT2D eigenvalue weighted by atomic mass is 9.87. The van der Waals surface area contributed by atoms with Crippen molar-refractivity contribution in [1.82, 2.24) is 10.1 Å². The van der Waals surface area contributed by atoms with Crippen molar-refractivity contribution in [3.05, 3.63) is 11.5 Å². The van der Waals surface area contributed by atoms with Gasteiger partial charge in [0.25, 0.3) is 0 Å². The van der Waals surface area contributed by atoms with Crippen LogP contribution in [0.4, 0.5) is 5.69 Å². The minimum absolute atomic E-state index is 0.112. The molecule has 126 valence electrons. The van der Waals surface area contributed by atoms with Gasteiger partial charge in [-0.15, -0.1) is 0 Å². The zero-order chi connectivity index (χ0) is 16.6. The number of anilines is 1. The first-order valence-corrected chi connectivity index (χ1v) is 8.49. The molecule has 2 heterocycles. The molecule has 1 aliphatic carbocycles. The molecule has 23 heavy (non-hydrogen) atoms. The van der Waals surface area contributed by atoms with Crippen LogP contribution in [0.25, 0.3) is 0 Å². The van der Waals surface area contributed by atoms with Crippen LogP contribution in [0.5, 0.6) is 0 Å². The van der Waals surface area contributed by atoms with Crippen molar-refractivity contribution < 1.29 is 14.1 Å². The maximum absolute atomic E-state index is 12.5.